The maximum Gasteiger partial charge on any atom is 0.397 e. The minimum Gasteiger partial charge on any atom is -0.370 e. The highest BCUT2D eigenvalue weighted by molar-refractivity contribution is 5.76. The van der Waals surface area contributed by atoms with Crippen LogP contribution < -0.4 is 16.0 Å². The third-order valence-corrected chi connectivity index (χ3v) is 2.30. The molecule has 1 heterocycles. The van der Waals surface area contributed by atoms with Gasteiger partial charge in [0.1, 0.15) is 12.2 Å². The first-order valence-electron chi connectivity index (χ1n) is 6.47. The highest BCUT2D eigenvalue weighted by Gasteiger charge is 2.30. The van der Waals surface area contributed by atoms with Gasteiger partial charge in [-0.05, 0) is 13.8 Å². The molecule has 118 valence electrons. The second-order valence-corrected chi connectivity index (χ2v) is 4.32. The van der Waals surface area contributed by atoms with Crippen molar-refractivity contribution in [3.05, 3.63) is 11.8 Å². The molecular formula is C12H18F3N5O. The summed E-state index contributed by atoms with van der Waals surface area (Å²) in [6.07, 6.45) is -5.96. The summed E-state index contributed by atoms with van der Waals surface area (Å²) in [5.74, 6) is -0.0348. The molecule has 6 nitrogen and oxygen atoms in total. The number of nitrogens with one attached hydrogen (secondary N) is 3. The van der Waals surface area contributed by atoms with Gasteiger partial charge in [0.15, 0.2) is 0 Å². The third-order valence-electron chi connectivity index (χ3n) is 2.30. The van der Waals surface area contributed by atoms with Crippen LogP contribution in [0.15, 0.2) is 6.07 Å². The van der Waals surface area contributed by atoms with E-state index in [1.807, 2.05) is 6.92 Å². The van der Waals surface area contributed by atoms with Crippen LogP contribution in [-0.2, 0) is 4.79 Å². The molecule has 0 unspecified atom stereocenters. The molecule has 1 aromatic heterocycles. The summed E-state index contributed by atoms with van der Waals surface area (Å²) >= 11 is 0. The van der Waals surface area contributed by atoms with Crippen LogP contribution in [0.3, 0.4) is 0 Å². The lowest BCUT2D eigenvalue weighted by atomic mass is 10.4. The van der Waals surface area contributed by atoms with Crippen molar-refractivity contribution in [3.63, 3.8) is 0 Å². The van der Waals surface area contributed by atoms with E-state index in [4.69, 9.17) is 0 Å². The van der Waals surface area contributed by atoms with E-state index in [0.29, 0.717) is 18.3 Å². The van der Waals surface area contributed by atoms with Crippen molar-refractivity contribution < 1.29 is 18.0 Å². The molecule has 0 bridgehead atoms. The van der Waals surface area contributed by atoms with Crippen molar-refractivity contribution in [2.24, 2.45) is 0 Å². The Balaban J connectivity index is 2.37. The number of nitrogens with zero attached hydrogens (tertiary/aromatic N) is 2. The Bertz CT molecular complexity index is 478. The minimum absolute atomic E-state index is 0.0583. The Morgan fingerprint density at radius 1 is 1.24 bits per heavy atom. The van der Waals surface area contributed by atoms with Gasteiger partial charge in [0.25, 0.3) is 0 Å². The van der Waals surface area contributed by atoms with E-state index in [1.165, 1.54) is 0 Å². The number of halogens is 3. The molecular weight excluding hydrogens is 287 g/mol. The van der Waals surface area contributed by atoms with Gasteiger partial charge in [0.2, 0.25) is 11.9 Å². The van der Waals surface area contributed by atoms with Crippen LogP contribution in [0.1, 0.15) is 19.0 Å². The predicted molar refractivity (Wildman–Crippen MR) is 73.1 cm³/mol. The molecule has 0 aliphatic heterocycles. The van der Waals surface area contributed by atoms with Crippen molar-refractivity contribution in [1.29, 1.82) is 0 Å². The fourth-order valence-corrected chi connectivity index (χ4v) is 1.54. The second-order valence-electron chi connectivity index (χ2n) is 4.32. The summed E-state index contributed by atoms with van der Waals surface area (Å²) < 4.78 is 35.8. The lowest BCUT2D eigenvalue weighted by molar-refractivity contribution is -0.153. The number of rotatable bonds is 7. The van der Waals surface area contributed by atoms with Gasteiger partial charge in [-0.2, -0.15) is 18.2 Å². The summed E-state index contributed by atoms with van der Waals surface area (Å²) in [6.45, 7) is 4.74. The van der Waals surface area contributed by atoms with Gasteiger partial charge in [-0.3, -0.25) is 4.79 Å². The van der Waals surface area contributed by atoms with Gasteiger partial charge < -0.3 is 16.0 Å². The molecule has 0 aromatic carbocycles. The number of carbonyl (C=O) groups is 1. The van der Waals surface area contributed by atoms with Crippen LogP contribution in [0, 0.1) is 6.92 Å². The number of hydrogen-bond donors (Lipinski definition) is 3. The van der Waals surface area contributed by atoms with E-state index < -0.39 is 18.5 Å². The van der Waals surface area contributed by atoms with Gasteiger partial charge in [-0.15, -0.1) is 0 Å². The van der Waals surface area contributed by atoms with Crippen LogP contribution >= 0.6 is 0 Å². The van der Waals surface area contributed by atoms with Gasteiger partial charge in [0.05, 0.1) is 0 Å². The summed E-state index contributed by atoms with van der Waals surface area (Å²) in [6, 6.07) is 1.78. The number of aromatic nitrogens is 2. The second kappa shape index (κ2) is 7.65. The molecule has 0 aliphatic carbocycles. The predicted octanol–water partition coefficient (Wildman–Crippen LogP) is 1.70. The van der Waals surface area contributed by atoms with E-state index in [-0.39, 0.29) is 13.1 Å². The maximum atomic E-state index is 11.9. The molecule has 1 rings (SSSR count). The quantitative estimate of drug-likeness (QED) is 0.668. The zero-order valence-electron chi connectivity index (χ0n) is 11.8. The molecule has 1 amide bonds. The molecule has 3 N–H and O–H groups in total. The molecule has 9 heteroatoms. The Kier molecular flexibility index (Phi) is 6.19. The molecule has 0 saturated carbocycles. The SMILES string of the molecule is CCNc1cc(C)nc(NCCNC(=O)CC(F)(F)F)n1. The van der Waals surface area contributed by atoms with E-state index in [9.17, 15) is 18.0 Å². The van der Waals surface area contributed by atoms with Gasteiger partial charge in [-0.25, -0.2) is 4.98 Å². The zero-order valence-corrected chi connectivity index (χ0v) is 11.8. The average Bonchev–Trinajstić information content (AvgIpc) is 2.32. The molecule has 21 heavy (non-hydrogen) atoms. The molecule has 0 atom stereocenters. The first kappa shape index (κ1) is 17.0. The number of alkyl halides is 3. The monoisotopic (exact) mass is 305 g/mol. The molecule has 0 spiro atoms. The molecule has 0 saturated heterocycles. The highest BCUT2D eigenvalue weighted by Crippen LogP contribution is 2.18. The molecule has 0 aliphatic rings. The van der Waals surface area contributed by atoms with Gasteiger partial charge in [-0.1, -0.05) is 0 Å². The lowest BCUT2D eigenvalue weighted by Crippen LogP contribution is -2.32. The normalized spacial score (nSPS) is 11.1. The topological polar surface area (TPSA) is 78.9 Å². The number of carbonyl (C=O) groups excluding carboxylic acids is 1. The van der Waals surface area contributed by atoms with E-state index in [1.54, 1.807) is 13.0 Å². The first-order chi connectivity index (χ1) is 9.80. The minimum atomic E-state index is -4.49. The Labute approximate surface area is 120 Å². The van der Waals surface area contributed by atoms with Crippen molar-refractivity contribution in [2.45, 2.75) is 26.4 Å². The average molecular weight is 305 g/mol. The van der Waals surface area contributed by atoms with Crippen LogP contribution in [0.5, 0.6) is 0 Å². The van der Waals surface area contributed by atoms with E-state index in [0.717, 1.165) is 5.69 Å². The molecule has 0 radical (unpaired) electrons. The summed E-state index contributed by atoms with van der Waals surface area (Å²) in [4.78, 5) is 19.3. The van der Waals surface area contributed by atoms with Crippen LogP contribution in [0.2, 0.25) is 0 Å². The van der Waals surface area contributed by atoms with Crippen LogP contribution in [-0.4, -0.2) is 41.7 Å². The number of amides is 1. The molecule has 0 fully saturated rings. The van der Waals surface area contributed by atoms with Gasteiger partial charge in [0, 0.05) is 31.4 Å². The van der Waals surface area contributed by atoms with Crippen molar-refractivity contribution >= 4 is 17.7 Å². The zero-order chi connectivity index (χ0) is 15.9. The number of anilines is 2. The highest BCUT2D eigenvalue weighted by atomic mass is 19.4. The summed E-state index contributed by atoms with van der Waals surface area (Å²) in [7, 11) is 0. The van der Waals surface area contributed by atoms with Gasteiger partial charge >= 0.3 is 6.18 Å². The van der Waals surface area contributed by atoms with Crippen molar-refractivity contribution in [1.82, 2.24) is 15.3 Å². The van der Waals surface area contributed by atoms with E-state index in [2.05, 4.69) is 25.9 Å². The van der Waals surface area contributed by atoms with Crippen molar-refractivity contribution in [3.8, 4) is 0 Å². The summed E-state index contributed by atoms with van der Waals surface area (Å²) in [5, 5.41) is 8.05. The van der Waals surface area contributed by atoms with E-state index >= 15 is 0 Å². The Morgan fingerprint density at radius 2 is 1.95 bits per heavy atom. The number of hydrogen-bond acceptors (Lipinski definition) is 5. The largest absolute Gasteiger partial charge is 0.397 e. The lowest BCUT2D eigenvalue weighted by Gasteiger charge is -2.10. The fourth-order valence-electron chi connectivity index (χ4n) is 1.54. The van der Waals surface area contributed by atoms with Crippen LogP contribution in [0.25, 0.3) is 0 Å². The third kappa shape index (κ3) is 7.33. The van der Waals surface area contributed by atoms with Crippen molar-refractivity contribution in [2.75, 3.05) is 30.3 Å². The van der Waals surface area contributed by atoms with Crippen LogP contribution in [0.4, 0.5) is 24.9 Å². The Hall–Kier alpha value is -2.06. The Morgan fingerprint density at radius 3 is 2.57 bits per heavy atom. The summed E-state index contributed by atoms with van der Waals surface area (Å²) in [5.41, 5.74) is 0.754. The standard InChI is InChI=1S/C12H18F3N5O/c1-3-16-9-6-8(2)19-11(20-9)18-5-4-17-10(21)7-12(13,14)15/h6H,3-5,7H2,1-2H3,(H,17,21)(H2,16,18,19,20). The maximum absolute atomic E-state index is 11.9. The first-order valence-corrected chi connectivity index (χ1v) is 6.47. The smallest absolute Gasteiger partial charge is 0.370 e. The number of aryl methyl sites for hydroxylation is 1. The fraction of sp³-hybridized carbons (Fsp3) is 0.583. The molecule has 1 aromatic rings.